The van der Waals surface area contributed by atoms with E-state index in [1.807, 2.05) is 19.1 Å². The molecule has 0 aliphatic carbocycles. The summed E-state index contributed by atoms with van der Waals surface area (Å²) in [5, 5.41) is 11.9. The number of amides is 1. The van der Waals surface area contributed by atoms with E-state index in [1.54, 1.807) is 6.07 Å². The van der Waals surface area contributed by atoms with E-state index in [2.05, 4.69) is 5.32 Å². The van der Waals surface area contributed by atoms with Crippen molar-refractivity contribution in [1.29, 1.82) is 0 Å². The summed E-state index contributed by atoms with van der Waals surface area (Å²) in [4.78, 5) is 22.5. The second-order valence-electron chi connectivity index (χ2n) is 4.07. The van der Waals surface area contributed by atoms with Crippen LogP contribution < -0.4 is 5.32 Å². The summed E-state index contributed by atoms with van der Waals surface area (Å²) in [6.07, 6.45) is 0.613. The smallest absolute Gasteiger partial charge is 0.311 e. The highest BCUT2D eigenvalue weighted by Gasteiger charge is 2.27. The van der Waals surface area contributed by atoms with Crippen LogP contribution in [-0.2, 0) is 9.59 Å². The molecule has 2 N–H and O–H groups in total. The van der Waals surface area contributed by atoms with Crippen molar-refractivity contribution in [3.05, 3.63) is 29.3 Å². The fourth-order valence-corrected chi connectivity index (χ4v) is 1.98. The van der Waals surface area contributed by atoms with Gasteiger partial charge in [0.05, 0.1) is 5.92 Å². The lowest BCUT2D eigenvalue weighted by molar-refractivity contribution is -0.138. The molecule has 1 unspecified atom stereocenters. The largest absolute Gasteiger partial charge is 0.481 e. The van der Waals surface area contributed by atoms with E-state index in [0.717, 1.165) is 5.56 Å². The van der Waals surface area contributed by atoms with Crippen molar-refractivity contribution in [2.45, 2.75) is 25.7 Å². The summed E-state index contributed by atoms with van der Waals surface area (Å²) < 4.78 is 0. The van der Waals surface area contributed by atoms with E-state index >= 15 is 0 Å². The molecule has 4 heteroatoms. The third-order valence-corrected chi connectivity index (χ3v) is 2.82. The maximum Gasteiger partial charge on any atom is 0.311 e. The van der Waals surface area contributed by atoms with Gasteiger partial charge in [-0.05, 0) is 30.5 Å². The van der Waals surface area contributed by atoms with Crippen molar-refractivity contribution in [3.63, 3.8) is 0 Å². The minimum Gasteiger partial charge on any atom is -0.481 e. The molecule has 1 heterocycles. The van der Waals surface area contributed by atoms with Crippen LogP contribution >= 0.6 is 0 Å². The summed E-state index contributed by atoms with van der Waals surface area (Å²) in [6.45, 7) is 1.91. The van der Waals surface area contributed by atoms with Gasteiger partial charge in [0.15, 0.2) is 0 Å². The summed E-state index contributed by atoms with van der Waals surface area (Å²) in [5.74, 6) is -1.58. The Hall–Kier alpha value is -1.84. The lowest BCUT2D eigenvalue weighted by Crippen LogP contribution is -2.11. The topological polar surface area (TPSA) is 66.4 Å². The molecule has 1 atom stereocenters. The van der Waals surface area contributed by atoms with E-state index < -0.39 is 11.9 Å². The summed E-state index contributed by atoms with van der Waals surface area (Å²) >= 11 is 0. The number of anilines is 1. The number of rotatable bonds is 1. The fraction of sp³-hybridized carbons (Fsp3) is 0.333. The van der Waals surface area contributed by atoms with Gasteiger partial charge in [-0.3, -0.25) is 9.59 Å². The van der Waals surface area contributed by atoms with Crippen LogP contribution in [0.5, 0.6) is 0 Å². The molecule has 84 valence electrons. The van der Waals surface area contributed by atoms with Gasteiger partial charge in [-0.15, -0.1) is 0 Å². The Morgan fingerprint density at radius 2 is 2.25 bits per heavy atom. The van der Waals surface area contributed by atoms with Crippen molar-refractivity contribution < 1.29 is 14.7 Å². The summed E-state index contributed by atoms with van der Waals surface area (Å²) in [5.41, 5.74) is 2.34. The molecule has 1 aromatic rings. The SMILES string of the molecule is Cc1ccc2c(c1)NC(=O)CCC2C(=O)O. The predicted molar refractivity (Wildman–Crippen MR) is 59.4 cm³/mol. The zero-order chi connectivity index (χ0) is 11.7. The van der Waals surface area contributed by atoms with Crippen LogP contribution in [0.4, 0.5) is 5.69 Å². The van der Waals surface area contributed by atoms with Gasteiger partial charge >= 0.3 is 5.97 Å². The number of benzene rings is 1. The van der Waals surface area contributed by atoms with E-state index in [4.69, 9.17) is 5.11 Å². The number of carboxylic acids is 1. The first-order chi connectivity index (χ1) is 7.58. The molecule has 0 bridgehead atoms. The van der Waals surface area contributed by atoms with Crippen LogP contribution in [0, 0.1) is 6.92 Å². The number of hydrogen-bond acceptors (Lipinski definition) is 2. The predicted octanol–water partition coefficient (Wildman–Crippen LogP) is 1.90. The number of carboxylic acid groups (broad SMARTS) is 1. The van der Waals surface area contributed by atoms with Gasteiger partial charge < -0.3 is 10.4 Å². The van der Waals surface area contributed by atoms with Crippen LogP contribution in [0.3, 0.4) is 0 Å². The van der Waals surface area contributed by atoms with Gasteiger partial charge in [-0.25, -0.2) is 0 Å². The molecule has 2 rings (SSSR count). The Kier molecular flexibility index (Phi) is 2.64. The second-order valence-corrected chi connectivity index (χ2v) is 4.07. The van der Waals surface area contributed by atoms with Crippen LogP contribution in [-0.4, -0.2) is 17.0 Å². The van der Waals surface area contributed by atoms with Gasteiger partial charge in [0.2, 0.25) is 5.91 Å². The third-order valence-electron chi connectivity index (χ3n) is 2.82. The molecule has 0 spiro atoms. The summed E-state index contributed by atoms with van der Waals surface area (Å²) in [7, 11) is 0. The molecule has 0 aromatic heterocycles. The van der Waals surface area contributed by atoms with E-state index in [-0.39, 0.29) is 12.3 Å². The van der Waals surface area contributed by atoms with Crippen molar-refractivity contribution in [2.24, 2.45) is 0 Å². The molecule has 0 saturated heterocycles. The number of hydrogen-bond donors (Lipinski definition) is 2. The molecular weight excluding hydrogens is 206 g/mol. The number of carbonyl (C=O) groups excluding carboxylic acids is 1. The molecule has 1 aromatic carbocycles. The first-order valence-corrected chi connectivity index (χ1v) is 5.21. The first kappa shape index (κ1) is 10.7. The number of nitrogens with one attached hydrogen (secondary N) is 1. The lowest BCUT2D eigenvalue weighted by Gasteiger charge is -2.12. The van der Waals surface area contributed by atoms with Crippen molar-refractivity contribution in [2.75, 3.05) is 5.32 Å². The Morgan fingerprint density at radius 3 is 2.94 bits per heavy atom. The monoisotopic (exact) mass is 219 g/mol. The summed E-state index contributed by atoms with van der Waals surface area (Å²) in [6, 6.07) is 5.47. The number of aliphatic carboxylic acids is 1. The van der Waals surface area contributed by atoms with E-state index in [1.165, 1.54) is 0 Å². The van der Waals surface area contributed by atoms with Crippen molar-refractivity contribution >= 4 is 17.6 Å². The Morgan fingerprint density at radius 1 is 1.50 bits per heavy atom. The Balaban J connectivity index is 2.50. The minimum atomic E-state index is -0.874. The number of fused-ring (bicyclic) bond motifs is 1. The van der Waals surface area contributed by atoms with Gasteiger partial charge in [0.25, 0.3) is 0 Å². The van der Waals surface area contributed by atoms with Crippen LogP contribution in [0.25, 0.3) is 0 Å². The van der Waals surface area contributed by atoms with E-state index in [0.29, 0.717) is 17.7 Å². The highest BCUT2D eigenvalue weighted by atomic mass is 16.4. The highest BCUT2D eigenvalue weighted by Crippen LogP contribution is 2.32. The number of carbonyl (C=O) groups is 2. The Labute approximate surface area is 93.3 Å². The molecule has 1 aliphatic heterocycles. The average molecular weight is 219 g/mol. The molecular formula is C12H13NO3. The second kappa shape index (κ2) is 3.96. The molecule has 0 saturated carbocycles. The van der Waals surface area contributed by atoms with Crippen LogP contribution in [0.15, 0.2) is 18.2 Å². The lowest BCUT2D eigenvalue weighted by atomic mass is 9.93. The van der Waals surface area contributed by atoms with Crippen molar-refractivity contribution in [3.8, 4) is 0 Å². The van der Waals surface area contributed by atoms with Crippen LogP contribution in [0.1, 0.15) is 29.9 Å². The standard InChI is InChI=1S/C12H13NO3/c1-7-2-3-8-9(12(15)16)4-5-11(14)13-10(8)6-7/h2-3,6,9H,4-5H2,1H3,(H,13,14)(H,15,16). The van der Waals surface area contributed by atoms with Crippen LogP contribution in [0.2, 0.25) is 0 Å². The molecule has 0 fully saturated rings. The van der Waals surface area contributed by atoms with Crippen molar-refractivity contribution in [1.82, 2.24) is 0 Å². The van der Waals surface area contributed by atoms with Gasteiger partial charge in [0, 0.05) is 12.1 Å². The molecule has 4 nitrogen and oxygen atoms in total. The van der Waals surface area contributed by atoms with E-state index in [9.17, 15) is 9.59 Å². The Bertz CT molecular complexity index is 454. The van der Waals surface area contributed by atoms with Gasteiger partial charge in [-0.2, -0.15) is 0 Å². The molecule has 0 radical (unpaired) electrons. The first-order valence-electron chi connectivity index (χ1n) is 5.21. The number of aryl methyl sites for hydroxylation is 1. The molecule has 16 heavy (non-hydrogen) atoms. The zero-order valence-electron chi connectivity index (χ0n) is 8.99. The minimum absolute atomic E-state index is 0.115. The van der Waals surface area contributed by atoms with Gasteiger partial charge in [0.1, 0.15) is 0 Å². The highest BCUT2D eigenvalue weighted by molar-refractivity contribution is 5.95. The maximum absolute atomic E-state index is 11.4. The maximum atomic E-state index is 11.4. The zero-order valence-corrected chi connectivity index (χ0v) is 8.99. The normalized spacial score (nSPS) is 19.6. The molecule has 1 aliphatic rings. The quantitative estimate of drug-likeness (QED) is 0.758. The average Bonchev–Trinajstić information content (AvgIpc) is 2.35. The van der Waals surface area contributed by atoms with Gasteiger partial charge in [-0.1, -0.05) is 12.1 Å². The third kappa shape index (κ3) is 1.91. The fourth-order valence-electron chi connectivity index (χ4n) is 1.98. The molecule has 1 amide bonds.